The first-order valence-corrected chi connectivity index (χ1v) is 8.99. The lowest BCUT2D eigenvalue weighted by atomic mass is 10.1. The Hall–Kier alpha value is -3.69. The lowest BCUT2D eigenvalue weighted by Gasteiger charge is -2.06. The Labute approximate surface area is 172 Å². The van der Waals surface area contributed by atoms with Gasteiger partial charge in [0.05, 0.1) is 44.1 Å². The van der Waals surface area contributed by atoms with Gasteiger partial charge in [0.25, 0.3) is 0 Å². The molecule has 10 heteroatoms. The summed E-state index contributed by atoms with van der Waals surface area (Å²) >= 11 is 0. The monoisotopic (exact) mass is 418 g/mol. The molecule has 2 N–H and O–H groups in total. The Bertz CT molecular complexity index is 1010. The zero-order chi connectivity index (χ0) is 22.3. The molecule has 0 saturated carbocycles. The van der Waals surface area contributed by atoms with Crippen molar-refractivity contribution < 1.29 is 28.9 Å². The van der Waals surface area contributed by atoms with Gasteiger partial charge in [0.15, 0.2) is 0 Å². The van der Waals surface area contributed by atoms with Crippen LogP contribution in [-0.2, 0) is 23.2 Å². The third-order valence-electron chi connectivity index (χ3n) is 4.08. The molecule has 9 nitrogen and oxygen atoms in total. The highest BCUT2D eigenvalue weighted by Gasteiger charge is 2.10. The molecule has 2 aromatic heterocycles. The van der Waals surface area contributed by atoms with Crippen LogP contribution in [0.25, 0.3) is 11.1 Å². The van der Waals surface area contributed by atoms with Crippen LogP contribution in [0, 0.1) is 12.7 Å². The summed E-state index contributed by atoms with van der Waals surface area (Å²) in [5, 5.41) is 24.5. The first kappa shape index (κ1) is 22.6. The van der Waals surface area contributed by atoms with Gasteiger partial charge in [-0.05, 0) is 25.1 Å². The van der Waals surface area contributed by atoms with Crippen LogP contribution in [0.2, 0.25) is 0 Å². The summed E-state index contributed by atoms with van der Waals surface area (Å²) in [5.41, 5.74) is 3.75. The van der Waals surface area contributed by atoms with Crippen molar-refractivity contribution >= 4 is 11.9 Å². The first-order chi connectivity index (χ1) is 14.2. The number of carboxylic acids is 2. The van der Waals surface area contributed by atoms with Gasteiger partial charge >= 0.3 is 11.9 Å². The zero-order valence-corrected chi connectivity index (χ0v) is 16.9. The van der Waals surface area contributed by atoms with E-state index in [4.69, 9.17) is 14.9 Å². The number of methoxy groups -OCH3 is 1. The number of aliphatic carboxylic acids is 2. The van der Waals surface area contributed by atoms with E-state index < -0.39 is 11.9 Å². The number of carbonyl (C=O) groups is 2. The molecule has 160 valence electrons. The number of halogens is 1. The molecule has 30 heavy (non-hydrogen) atoms. The quantitative estimate of drug-likeness (QED) is 0.605. The van der Waals surface area contributed by atoms with Gasteiger partial charge in [0.1, 0.15) is 11.6 Å². The molecule has 2 heterocycles. The number of aryl methyl sites for hydroxylation is 2. The van der Waals surface area contributed by atoms with Crippen molar-refractivity contribution in [3.05, 3.63) is 53.9 Å². The van der Waals surface area contributed by atoms with E-state index >= 15 is 0 Å². The molecule has 0 amide bonds. The summed E-state index contributed by atoms with van der Waals surface area (Å²) in [4.78, 5) is 19.3. The molecule has 0 aliphatic heterocycles. The molecule has 0 unspecified atom stereocenters. The van der Waals surface area contributed by atoms with Crippen LogP contribution in [0.15, 0.2) is 36.7 Å². The van der Waals surface area contributed by atoms with Gasteiger partial charge in [-0.15, -0.1) is 0 Å². The maximum atomic E-state index is 13.3. The lowest BCUT2D eigenvalue weighted by Crippen LogP contribution is -2.05. The van der Waals surface area contributed by atoms with E-state index in [1.807, 2.05) is 35.6 Å². The van der Waals surface area contributed by atoms with E-state index in [0.29, 0.717) is 12.3 Å². The van der Waals surface area contributed by atoms with E-state index in [1.165, 1.54) is 19.2 Å². The Kier molecular flexibility index (Phi) is 7.68. The SMILES string of the molecule is COc1cc(F)ccc1-c1cnn(Cc2cc(C)nn2C)c1.O=C(O)CCC(=O)O. The van der Waals surface area contributed by atoms with Gasteiger partial charge in [-0.2, -0.15) is 10.2 Å². The van der Waals surface area contributed by atoms with Crippen LogP contribution in [-0.4, -0.2) is 48.8 Å². The Morgan fingerprint density at radius 3 is 2.37 bits per heavy atom. The van der Waals surface area contributed by atoms with Crippen molar-refractivity contribution in [1.29, 1.82) is 0 Å². The van der Waals surface area contributed by atoms with Gasteiger partial charge in [0.2, 0.25) is 0 Å². The second kappa shape index (κ2) is 10.2. The molecule has 0 spiro atoms. The number of carboxylic acid groups (broad SMARTS) is 2. The molecular formula is C20H23FN4O5. The third-order valence-corrected chi connectivity index (χ3v) is 4.08. The van der Waals surface area contributed by atoms with Crippen molar-refractivity contribution in [2.45, 2.75) is 26.3 Å². The first-order valence-electron chi connectivity index (χ1n) is 8.99. The molecule has 0 bridgehead atoms. The highest BCUT2D eigenvalue weighted by molar-refractivity contribution is 5.75. The van der Waals surface area contributed by atoms with Crippen molar-refractivity contribution in [2.24, 2.45) is 7.05 Å². The summed E-state index contributed by atoms with van der Waals surface area (Å²) < 4.78 is 22.2. The van der Waals surface area contributed by atoms with Crippen molar-refractivity contribution in [3.63, 3.8) is 0 Å². The molecule has 0 aliphatic rings. The molecular weight excluding hydrogens is 395 g/mol. The van der Waals surface area contributed by atoms with E-state index in [-0.39, 0.29) is 18.7 Å². The summed E-state index contributed by atoms with van der Waals surface area (Å²) in [6.45, 7) is 2.59. The minimum atomic E-state index is -1.08. The normalized spacial score (nSPS) is 10.3. The van der Waals surface area contributed by atoms with E-state index in [0.717, 1.165) is 22.5 Å². The van der Waals surface area contributed by atoms with Crippen LogP contribution >= 0.6 is 0 Å². The van der Waals surface area contributed by atoms with Crippen LogP contribution in [0.5, 0.6) is 5.75 Å². The summed E-state index contributed by atoms with van der Waals surface area (Å²) in [6, 6.07) is 6.51. The number of aromatic nitrogens is 4. The second-order valence-corrected chi connectivity index (χ2v) is 6.46. The fourth-order valence-electron chi connectivity index (χ4n) is 2.68. The molecule has 1 aromatic carbocycles. The minimum Gasteiger partial charge on any atom is -0.496 e. The predicted molar refractivity (Wildman–Crippen MR) is 106 cm³/mol. The molecule has 0 atom stereocenters. The fourth-order valence-corrected chi connectivity index (χ4v) is 2.68. The molecule has 0 radical (unpaired) electrons. The highest BCUT2D eigenvalue weighted by Crippen LogP contribution is 2.30. The number of nitrogens with zero attached hydrogens (tertiary/aromatic N) is 4. The predicted octanol–water partition coefficient (Wildman–Crippen LogP) is 2.72. The van der Waals surface area contributed by atoms with E-state index in [9.17, 15) is 14.0 Å². The van der Waals surface area contributed by atoms with Crippen LogP contribution in [0.4, 0.5) is 4.39 Å². The lowest BCUT2D eigenvalue weighted by molar-refractivity contribution is -0.143. The molecule has 3 aromatic rings. The van der Waals surface area contributed by atoms with Gasteiger partial charge in [-0.1, -0.05) is 0 Å². The molecule has 0 fully saturated rings. The van der Waals surface area contributed by atoms with Crippen LogP contribution in [0.1, 0.15) is 24.2 Å². The zero-order valence-electron chi connectivity index (χ0n) is 16.9. The topological polar surface area (TPSA) is 119 Å². The highest BCUT2D eigenvalue weighted by atomic mass is 19.1. The standard InChI is InChI=1S/C16H17FN4O.C4H6O4/c1-11-6-14(20(2)19-11)10-21-9-12(8-18-21)15-5-4-13(17)7-16(15)22-3;5-3(6)1-2-4(7)8/h4-9H,10H2,1-3H3;1-2H2,(H,5,6)(H,7,8). The van der Waals surface area contributed by atoms with Crippen LogP contribution in [0.3, 0.4) is 0 Å². The number of rotatable bonds is 7. The number of benzene rings is 1. The van der Waals surface area contributed by atoms with Gasteiger partial charge in [-0.3, -0.25) is 19.0 Å². The second-order valence-electron chi connectivity index (χ2n) is 6.46. The fraction of sp³-hybridized carbons (Fsp3) is 0.300. The van der Waals surface area contributed by atoms with Gasteiger partial charge in [0, 0.05) is 30.4 Å². The molecule has 0 aliphatic carbocycles. The van der Waals surface area contributed by atoms with Crippen LogP contribution < -0.4 is 4.74 Å². The number of hydrogen-bond donors (Lipinski definition) is 2. The molecule has 3 rings (SSSR count). The maximum Gasteiger partial charge on any atom is 0.303 e. The van der Waals surface area contributed by atoms with Gasteiger partial charge in [-0.25, -0.2) is 4.39 Å². The van der Waals surface area contributed by atoms with Crippen molar-refractivity contribution in [3.8, 4) is 16.9 Å². The minimum absolute atomic E-state index is 0.296. The van der Waals surface area contributed by atoms with Gasteiger partial charge < -0.3 is 14.9 Å². The Balaban J connectivity index is 0.000000343. The summed E-state index contributed by atoms with van der Waals surface area (Å²) in [5.74, 6) is -1.98. The van der Waals surface area contributed by atoms with E-state index in [2.05, 4.69) is 10.2 Å². The number of ether oxygens (including phenoxy) is 1. The summed E-state index contributed by atoms with van der Waals surface area (Å²) in [6.07, 6.45) is 3.07. The third kappa shape index (κ3) is 6.43. The average Bonchev–Trinajstić information content (AvgIpc) is 3.26. The summed E-state index contributed by atoms with van der Waals surface area (Å²) in [7, 11) is 3.44. The van der Waals surface area contributed by atoms with Crippen molar-refractivity contribution in [2.75, 3.05) is 7.11 Å². The smallest absolute Gasteiger partial charge is 0.303 e. The average molecular weight is 418 g/mol. The van der Waals surface area contributed by atoms with E-state index in [1.54, 1.807) is 12.3 Å². The largest absolute Gasteiger partial charge is 0.496 e. The van der Waals surface area contributed by atoms with Crippen molar-refractivity contribution in [1.82, 2.24) is 19.6 Å². The Morgan fingerprint density at radius 2 is 1.83 bits per heavy atom. The number of hydrogen-bond acceptors (Lipinski definition) is 5. The molecule has 0 saturated heterocycles. The Morgan fingerprint density at radius 1 is 1.17 bits per heavy atom. The maximum absolute atomic E-state index is 13.3.